The maximum atomic E-state index is 13.6. The number of nitrogens with one attached hydrogen (secondary N) is 1. The number of benzene rings is 2. The summed E-state index contributed by atoms with van der Waals surface area (Å²) in [5, 5.41) is 2.69. The number of ether oxygens (including phenoxy) is 1. The molecule has 0 heterocycles. The topological polar surface area (TPSA) is 55.4 Å². The van der Waals surface area contributed by atoms with E-state index in [1.807, 2.05) is 30.3 Å². The van der Waals surface area contributed by atoms with E-state index in [9.17, 15) is 14.0 Å². The summed E-state index contributed by atoms with van der Waals surface area (Å²) < 4.78 is 19.3. The Morgan fingerprint density at radius 3 is 2.68 bits per heavy atom. The smallest absolute Gasteiger partial charge is 0.331 e. The molecule has 0 saturated carbocycles. The number of hydrogen-bond acceptors (Lipinski definition) is 3. The number of carbonyl (C=O) groups excluding carboxylic acids is 2. The van der Waals surface area contributed by atoms with E-state index >= 15 is 0 Å². The minimum absolute atomic E-state index is 0.243. The highest BCUT2D eigenvalue weighted by atomic mass is 79.9. The summed E-state index contributed by atoms with van der Waals surface area (Å²) in [6.45, 7) is 1.83. The van der Waals surface area contributed by atoms with Gasteiger partial charge < -0.3 is 10.1 Å². The average Bonchev–Trinajstić information content (AvgIpc) is 2.61. The summed E-state index contributed by atoms with van der Waals surface area (Å²) >= 11 is 3.23. The predicted octanol–water partition coefficient (Wildman–Crippen LogP) is 3.85. The number of hydrogen-bond donors (Lipinski definition) is 1. The zero-order valence-electron chi connectivity index (χ0n) is 13.5. The molecular formula is C19H17BrFNO3. The first-order chi connectivity index (χ1) is 12.0. The van der Waals surface area contributed by atoms with Crippen molar-refractivity contribution in [1.82, 2.24) is 5.32 Å². The fourth-order valence-electron chi connectivity index (χ4n) is 2.00. The zero-order valence-corrected chi connectivity index (χ0v) is 15.1. The van der Waals surface area contributed by atoms with Gasteiger partial charge in [0.15, 0.2) is 6.10 Å². The van der Waals surface area contributed by atoms with Gasteiger partial charge in [-0.15, -0.1) is 0 Å². The van der Waals surface area contributed by atoms with Crippen molar-refractivity contribution in [3.05, 3.63) is 76.0 Å². The van der Waals surface area contributed by atoms with Crippen LogP contribution in [-0.2, 0) is 20.9 Å². The Bertz CT molecular complexity index is 777. The van der Waals surface area contributed by atoms with Crippen molar-refractivity contribution in [2.75, 3.05) is 0 Å². The summed E-state index contributed by atoms with van der Waals surface area (Å²) in [4.78, 5) is 23.7. The third kappa shape index (κ3) is 6.15. The molecule has 1 atom stereocenters. The Labute approximate surface area is 153 Å². The summed E-state index contributed by atoms with van der Waals surface area (Å²) in [6, 6.07) is 13.8. The molecule has 0 aliphatic rings. The van der Waals surface area contributed by atoms with Crippen molar-refractivity contribution in [3.8, 4) is 0 Å². The molecule has 0 aliphatic carbocycles. The Balaban J connectivity index is 1.85. The molecule has 130 valence electrons. The summed E-state index contributed by atoms with van der Waals surface area (Å²) in [7, 11) is 0. The molecule has 2 rings (SSSR count). The van der Waals surface area contributed by atoms with Gasteiger partial charge in [-0.1, -0.05) is 46.3 Å². The minimum atomic E-state index is -0.951. The molecule has 1 N–H and O–H groups in total. The second kappa shape index (κ2) is 9.13. The third-order valence-electron chi connectivity index (χ3n) is 3.33. The lowest BCUT2D eigenvalue weighted by Crippen LogP contribution is -2.35. The molecular weight excluding hydrogens is 389 g/mol. The van der Waals surface area contributed by atoms with Crippen molar-refractivity contribution in [2.24, 2.45) is 0 Å². The maximum absolute atomic E-state index is 13.6. The fourth-order valence-corrected chi connectivity index (χ4v) is 2.37. The molecule has 0 unspecified atom stereocenters. The van der Waals surface area contributed by atoms with E-state index in [4.69, 9.17) is 4.74 Å². The van der Waals surface area contributed by atoms with E-state index in [1.54, 1.807) is 6.07 Å². The largest absolute Gasteiger partial charge is 0.449 e. The molecule has 2 aromatic carbocycles. The van der Waals surface area contributed by atoms with Gasteiger partial charge in [0.1, 0.15) is 5.82 Å². The van der Waals surface area contributed by atoms with Gasteiger partial charge in [0.2, 0.25) is 0 Å². The van der Waals surface area contributed by atoms with Crippen LogP contribution in [0, 0.1) is 5.82 Å². The Kier molecular flexibility index (Phi) is 6.89. The van der Waals surface area contributed by atoms with Crippen molar-refractivity contribution >= 4 is 33.9 Å². The first-order valence-electron chi connectivity index (χ1n) is 7.61. The molecule has 1 amide bonds. The highest BCUT2D eigenvalue weighted by Crippen LogP contribution is 2.16. The quantitative estimate of drug-likeness (QED) is 0.586. The lowest BCUT2D eigenvalue weighted by molar-refractivity contribution is -0.150. The molecule has 4 nitrogen and oxygen atoms in total. The lowest BCUT2D eigenvalue weighted by atomic mass is 10.2. The van der Waals surface area contributed by atoms with Crippen LogP contribution in [0.4, 0.5) is 4.39 Å². The molecule has 6 heteroatoms. The minimum Gasteiger partial charge on any atom is -0.449 e. The van der Waals surface area contributed by atoms with Gasteiger partial charge in [-0.25, -0.2) is 9.18 Å². The molecule has 0 fully saturated rings. The SMILES string of the molecule is C[C@@H](OC(=O)/C=C/c1cc(Br)ccc1F)C(=O)NCc1ccccc1. The number of rotatable bonds is 6. The van der Waals surface area contributed by atoms with Crippen LogP contribution in [0.2, 0.25) is 0 Å². The van der Waals surface area contributed by atoms with Crippen LogP contribution in [0.5, 0.6) is 0 Å². The summed E-state index contributed by atoms with van der Waals surface area (Å²) in [6.07, 6.45) is 1.44. The van der Waals surface area contributed by atoms with Gasteiger partial charge in [-0.3, -0.25) is 4.79 Å². The highest BCUT2D eigenvalue weighted by molar-refractivity contribution is 9.10. The number of carbonyl (C=O) groups is 2. The van der Waals surface area contributed by atoms with Crippen molar-refractivity contribution in [3.63, 3.8) is 0 Å². The number of esters is 1. The van der Waals surface area contributed by atoms with Crippen LogP contribution in [0.15, 0.2) is 59.1 Å². The van der Waals surface area contributed by atoms with E-state index < -0.39 is 23.8 Å². The molecule has 0 spiro atoms. The molecule has 0 aliphatic heterocycles. The van der Waals surface area contributed by atoms with E-state index in [1.165, 1.54) is 25.1 Å². The van der Waals surface area contributed by atoms with Gasteiger partial charge in [-0.2, -0.15) is 0 Å². The van der Waals surface area contributed by atoms with Crippen molar-refractivity contribution in [2.45, 2.75) is 19.6 Å². The monoisotopic (exact) mass is 405 g/mol. The van der Waals surface area contributed by atoms with Gasteiger partial charge in [0.05, 0.1) is 0 Å². The zero-order chi connectivity index (χ0) is 18.2. The molecule has 0 saturated heterocycles. The molecule has 0 radical (unpaired) electrons. The van der Waals surface area contributed by atoms with Crippen LogP contribution in [0.1, 0.15) is 18.1 Å². The standard InChI is InChI=1S/C19H17BrFNO3/c1-13(19(24)22-12-14-5-3-2-4-6-14)25-18(23)10-7-15-11-16(20)8-9-17(15)21/h2-11,13H,12H2,1H3,(H,22,24)/b10-7+/t13-/m1/s1. The second-order valence-corrected chi connectivity index (χ2v) is 6.20. The normalized spacial score (nSPS) is 12.0. The predicted molar refractivity (Wildman–Crippen MR) is 97.0 cm³/mol. The first-order valence-corrected chi connectivity index (χ1v) is 8.40. The van der Waals surface area contributed by atoms with Crippen LogP contribution in [0.25, 0.3) is 6.08 Å². The Morgan fingerprint density at radius 2 is 1.96 bits per heavy atom. The average molecular weight is 406 g/mol. The van der Waals surface area contributed by atoms with Crippen LogP contribution < -0.4 is 5.32 Å². The Morgan fingerprint density at radius 1 is 1.24 bits per heavy atom. The van der Waals surface area contributed by atoms with E-state index in [0.29, 0.717) is 11.0 Å². The van der Waals surface area contributed by atoms with E-state index in [0.717, 1.165) is 11.6 Å². The second-order valence-electron chi connectivity index (χ2n) is 5.28. The fraction of sp³-hybridized carbons (Fsp3) is 0.158. The summed E-state index contributed by atoms with van der Waals surface area (Å²) in [5.74, 6) is -1.58. The van der Waals surface area contributed by atoms with E-state index in [-0.39, 0.29) is 5.56 Å². The van der Waals surface area contributed by atoms with Crippen LogP contribution in [-0.4, -0.2) is 18.0 Å². The number of halogens is 2. The number of amides is 1. The van der Waals surface area contributed by atoms with Crippen LogP contribution in [0.3, 0.4) is 0 Å². The van der Waals surface area contributed by atoms with Gasteiger partial charge in [0.25, 0.3) is 5.91 Å². The maximum Gasteiger partial charge on any atom is 0.331 e. The highest BCUT2D eigenvalue weighted by Gasteiger charge is 2.16. The molecule has 0 aromatic heterocycles. The van der Waals surface area contributed by atoms with Gasteiger partial charge >= 0.3 is 5.97 Å². The Hall–Kier alpha value is -2.47. The van der Waals surface area contributed by atoms with Crippen LogP contribution >= 0.6 is 15.9 Å². The lowest BCUT2D eigenvalue weighted by Gasteiger charge is -2.12. The van der Waals surface area contributed by atoms with E-state index in [2.05, 4.69) is 21.2 Å². The molecule has 0 bridgehead atoms. The first kappa shape index (κ1) is 18.9. The van der Waals surface area contributed by atoms with Gasteiger partial charge in [-0.05, 0) is 36.8 Å². The summed E-state index contributed by atoms with van der Waals surface area (Å²) in [5.41, 5.74) is 1.19. The molecule has 25 heavy (non-hydrogen) atoms. The van der Waals surface area contributed by atoms with Gasteiger partial charge in [0, 0.05) is 22.7 Å². The molecule has 2 aromatic rings. The third-order valence-corrected chi connectivity index (χ3v) is 3.82. The van der Waals surface area contributed by atoms with Crippen molar-refractivity contribution < 1.29 is 18.7 Å². The van der Waals surface area contributed by atoms with Crippen molar-refractivity contribution in [1.29, 1.82) is 0 Å².